The summed E-state index contributed by atoms with van der Waals surface area (Å²) in [7, 11) is 1.58. The summed E-state index contributed by atoms with van der Waals surface area (Å²) in [5.41, 5.74) is 1.40. The van der Waals surface area contributed by atoms with Crippen molar-refractivity contribution in [2.24, 2.45) is 0 Å². The Morgan fingerprint density at radius 2 is 1.85 bits per heavy atom. The SMILES string of the molecule is COc1ccc(NCCNc2ccccc2F)cc1Cl. The topological polar surface area (TPSA) is 33.3 Å². The third-order valence-corrected chi connectivity index (χ3v) is 3.09. The molecule has 0 amide bonds. The van der Waals surface area contributed by atoms with Gasteiger partial charge in [-0.2, -0.15) is 0 Å². The molecule has 2 aromatic carbocycles. The van der Waals surface area contributed by atoms with Crippen LogP contribution in [0.3, 0.4) is 0 Å². The highest BCUT2D eigenvalue weighted by molar-refractivity contribution is 6.32. The van der Waals surface area contributed by atoms with E-state index in [9.17, 15) is 4.39 Å². The molecule has 0 aliphatic carbocycles. The van der Waals surface area contributed by atoms with E-state index in [1.807, 2.05) is 6.07 Å². The summed E-state index contributed by atoms with van der Waals surface area (Å²) in [4.78, 5) is 0. The van der Waals surface area contributed by atoms with Crippen LogP contribution in [0.1, 0.15) is 0 Å². The van der Waals surface area contributed by atoms with E-state index in [-0.39, 0.29) is 5.82 Å². The minimum atomic E-state index is -0.250. The monoisotopic (exact) mass is 294 g/mol. The first-order chi connectivity index (χ1) is 9.70. The number of hydrogen-bond donors (Lipinski definition) is 2. The maximum Gasteiger partial charge on any atom is 0.146 e. The molecule has 2 N–H and O–H groups in total. The zero-order valence-corrected chi connectivity index (χ0v) is 11.9. The van der Waals surface area contributed by atoms with Crippen LogP contribution in [-0.4, -0.2) is 20.2 Å². The number of hydrogen-bond acceptors (Lipinski definition) is 3. The van der Waals surface area contributed by atoms with Crippen LogP contribution < -0.4 is 15.4 Å². The number of methoxy groups -OCH3 is 1. The van der Waals surface area contributed by atoms with Gasteiger partial charge in [0.05, 0.1) is 17.8 Å². The summed E-state index contributed by atoms with van der Waals surface area (Å²) in [6.07, 6.45) is 0. The van der Waals surface area contributed by atoms with Gasteiger partial charge in [-0.05, 0) is 30.3 Å². The molecule has 0 saturated carbocycles. The van der Waals surface area contributed by atoms with Crippen molar-refractivity contribution in [2.45, 2.75) is 0 Å². The molecule has 3 nitrogen and oxygen atoms in total. The van der Waals surface area contributed by atoms with Gasteiger partial charge in [0, 0.05) is 18.8 Å². The molecule has 0 atom stereocenters. The number of anilines is 2. The number of ether oxygens (including phenoxy) is 1. The second-order valence-corrected chi connectivity index (χ2v) is 4.59. The Labute approximate surface area is 122 Å². The predicted molar refractivity (Wildman–Crippen MR) is 81.4 cm³/mol. The molecule has 2 aromatic rings. The lowest BCUT2D eigenvalue weighted by Crippen LogP contribution is -2.14. The standard InChI is InChI=1S/C15H16ClFN2O/c1-20-15-7-6-11(10-12(15)16)18-8-9-19-14-5-3-2-4-13(14)17/h2-7,10,18-19H,8-9H2,1H3. The van der Waals surface area contributed by atoms with Crippen LogP contribution in [-0.2, 0) is 0 Å². The molecule has 5 heteroatoms. The van der Waals surface area contributed by atoms with Crippen molar-refractivity contribution in [1.29, 1.82) is 0 Å². The van der Waals surface area contributed by atoms with Crippen molar-refractivity contribution in [3.8, 4) is 5.75 Å². The van der Waals surface area contributed by atoms with Crippen LogP contribution in [0.5, 0.6) is 5.75 Å². The van der Waals surface area contributed by atoms with E-state index in [2.05, 4.69) is 10.6 Å². The zero-order valence-electron chi connectivity index (χ0n) is 11.1. The highest BCUT2D eigenvalue weighted by Crippen LogP contribution is 2.27. The molecule has 0 aliphatic rings. The summed E-state index contributed by atoms with van der Waals surface area (Å²) in [6, 6.07) is 12.1. The van der Waals surface area contributed by atoms with E-state index < -0.39 is 0 Å². The number of benzene rings is 2. The third-order valence-electron chi connectivity index (χ3n) is 2.80. The lowest BCUT2D eigenvalue weighted by atomic mass is 10.3. The van der Waals surface area contributed by atoms with E-state index in [4.69, 9.17) is 16.3 Å². The number of rotatable bonds is 6. The number of nitrogens with one attached hydrogen (secondary N) is 2. The summed E-state index contributed by atoms with van der Waals surface area (Å²) in [5.74, 6) is 0.390. The van der Waals surface area contributed by atoms with Gasteiger partial charge < -0.3 is 15.4 Å². The molecular weight excluding hydrogens is 279 g/mol. The zero-order chi connectivity index (χ0) is 14.4. The molecule has 0 heterocycles. The Bertz CT molecular complexity index is 578. The summed E-state index contributed by atoms with van der Waals surface area (Å²) >= 11 is 6.03. The Hall–Kier alpha value is -1.94. The van der Waals surface area contributed by atoms with Crippen molar-refractivity contribution in [2.75, 3.05) is 30.8 Å². The number of halogens is 2. The second-order valence-electron chi connectivity index (χ2n) is 4.18. The van der Waals surface area contributed by atoms with Crippen molar-refractivity contribution in [3.05, 3.63) is 53.3 Å². The number of para-hydroxylation sites is 1. The Balaban J connectivity index is 1.82. The van der Waals surface area contributed by atoms with E-state index in [0.29, 0.717) is 29.5 Å². The van der Waals surface area contributed by atoms with Crippen molar-refractivity contribution < 1.29 is 9.13 Å². The molecule has 2 rings (SSSR count). The van der Waals surface area contributed by atoms with Crippen LogP contribution in [0.15, 0.2) is 42.5 Å². The molecule has 0 fully saturated rings. The quantitative estimate of drug-likeness (QED) is 0.790. The van der Waals surface area contributed by atoms with Crippen LogP contribution in [0, 0.1) is 5.82 Å². The van der Waals surface area contributed by atoms with Crippen LogP contribution in [0.2, 0.25) is 5.02 Å². The molecule has 0 aromatic heterocycles. The van der Waals surface area contributed by atoms with Gasteiger partial charge in [-0.25, -0.2) is 4.39 Å². The summed E-state index contributed by atoms with van der Waals surface area (Å²) in [6.45, 7) is 1.25. The van der Waals surface area contributed by atoms with Gasteiger partial charge in [0.2, 0.25) is 0 Å². The minimum Gasteiger partial charge on any atom is -0.495 e. The fourth-order valence-corrected chi connectivity index (χ4v) is 2.04. The van der Waals surface area contributed by atoms with E-state index in [0.717, 1.165) is 5.69 Å². The lowest BCUT2D eigenvalue weighted by molar-refractivity contribution is 0.415. The smallest absolute Gasteiger partial charge is 0.146 e. The maximum atomic E-state index is 13.4. The van der Waals surface area contributed by atoms with Gasteiger partial charge in [0.25, 0.3) is 0 Å². The van der Waals surface area contributed by atoms with Crippen molar-refractivity contribution in [3.63, 3.8) is 0 Å². The Kier molecular flexibility index (Phi) is 5.07. The summed E-state index contributed by atoms with van der Waals surface area (Å²) < 4.78 is 18.4. The average molecular weight is 295 g/mol. The molecule has 0 aliphatic heterocycles. The van der Waals surface area contributed by atoms with E-state index >= 15 is 0 Å². The van der Waals surface area contributed by atoms with Gasteiger partial charge in [0.15, 0.2) is 0 Å². The highest BCUT2D eigenvalue weighted by atomic mass is 35.5. The van der Waals surface area contributed by atoms with Crippen LogP contribution in [0.25, 0.3) is 0 Å². The predicted octanol–water partition coefficient (Wildman–Crippen LogP) is 4.01. The van der Waals surface area contributed by atoms with Crippen molar-refractivity contribution >= 4 is 23.0 Å². The fourth-order valence-electron chi connectivity index (χ4n) is 1.78. The van der Waals surface area contributed by atoms with Gasteiger partial charge in [-0.1, -0.05) is 23.7 Å². The molecule has 0 radical (unpaired) electrons. The fraction of sp³-hybridized carbons (Fsp3) is 0.200. The molecule has 0 unspecified atom stereocenters. The van der Waals surface area contributed by atoms with Gasteiger partial charge in [0.1, 0.15) is 11.6 Å². The minimum absolute atomic E-state index is 0.250. The second kappa shape index (κ2) is 7.01. The first kappa shape index (κ1) is 14.5. The lowest BCUT2D eigenvalue weighted by Gasteiger charge is -2.10. The molecule has 0 bridgehead atoms. The molecule has 0 spiro atoms. The Morgan fingerprint density at radius 1 is 1.10 bits per heavy atom. The molecule has 0 saturated heterocycles. The normalized spacial score (nSPS) is 10.2. The maximum absolute atomic E-state index is 13.4. The Morgan fingerprint density at radius 3 is 2.55 bits per heavy atom. The van der Waals surface area contributed by atoms with E-state index in [1.165, 1.54) is 6.07 Å². The largest absolute Gasteiger partial charge is 0.495 e. The third kappa shape index (κ3) is 3.78. The molecular formula is C15H16ClFN2O. The van der Waals surface area contributed by atoms with Crippen LogP contribution in [0.4, 0.5) is 15.8 Å². The first-order valence-electron chi connectivity index (χ1n) is 6.26. The van der Waals surface area contributed by atoms with Crippen molar-refractivity contribution in [1.82, 2.24) is 0 Å². The average Bonchev–Trinajstić information content (AvgIpc) is 2.45. The summed E-state index contributed by atoms with van der Waals surface area (Å²) in [5, 5.41) is 6.78. The van der Waals surface area contributed by atoms with Gasteiger partial charge in [-0.3, -0.25) is 0 Å². The molecule has 106 valence electrons. The first-order valence-corrected chi connectivity index (χ1v) is 6.64. The van der Waals surface area contributed by atoms with Gasteiger partial charge in [-0.15, -0.1) is 0 Å². The van der Waals surface area contributed by atoms with Crippen LogP contribution >= 0.6 is 11.6 Å². The van der Waals surface area contributed by atoms with Gasteiger partial charge >= 0.3 is 0 Å². The van der Waals surface area contributed by atoms with E-state index in [1.54, 1.807) is 37.4 Å². The highest BCUT2D eigenvalue weighted by Gasteiger charge is 2.02. The molecule has 20 heavy (non-hydrogen) atoms.